The van der Waals surface area contributed by atoms with Gasteiger partial charge >= 0.3 is 0 Å². The first-order valence-electron chi connectivity index (χ1n) is 7.68. The van der Waals surface area contributed by atoms with Crippen molar-refractivity contribution in [2.75, 3.05) is 5.75 Å². The summed E-state index contributed by atoms with van der Waals surface area (Å²) < 4.78 is 2.02. The van der Waals surface area contributed by atoms with Gasteiger partial charge in [0.2, 0.25) is 0 Å². The van der Waals surface area contributed by atoms with E-state index >= 15 is 0 Å². The zero-order valence-corrected chi connectivity index (χ0v) is 13.4. The summed E-state index contributed by atoms with van der Waals surface area (Å²) in [5, 5.41) is 15.3. The quantitative estimate of drug-likeness (QED) is 0.921. The Hall–Kier alpha value is -1.26. The molecule has 0 spiro atoms. The van der Waals surface area contributed by atoms with Gasteiger partial charge in [-0.2, -0.15) is 5.10 Å². The highest BCUT2D eigenvalue weighted by Gasteiger charge is 2.29. The van der Waals surface area contributed by atoms with Crippen LogP contribution in [0.15, 0.2) is 35.2 Å². The van der Waals surface area contributed by atoms with Gasteiger partial charge in [0, 0.05) is 35.2 Å². The number of nitrogens with zero attached hydrogens (tertiary/aromatic N) is 2. The first kappa shape index (κ1) is 14.7. The third-order valence-electron chi connectivity index (χ3n) is 4.20. The van der Waals surface area contributed by atoms with Crippen molar-refractivity contribution in [1.29, 1.82) is 0 Å². The van der Waals surface area contributed by atoms with E-state index < -0.39 is 0 Å². The van der Waals surface area contributed by atoms with Crippen molar-refractivity contribution in [3.63, 3.8) is 0 Å². The highest BCUT2D eigenvalue weighted by molar-refractivity contribution is 7.99. The average Bonchev–Trinajstić information content (AvgIpc) is 3.10. The van der Waals surface area contributed by atoms with Gasteiger partial charge in [-0.15, -0.1) is 11.8 Å². The summed E-state index contributed by atoms with van der Waals surface area (Å²) >= 11 is 1.85. The topological polar surface area (TPSA) is 38.0 Å². The van der Waals surface area contributed by atoms with Crippen LogP contribution in [0.3, 0.4) is 0 Å². The van der Waals surface area contributed by atoms with Gasteiger partial charge in [-0.3, -0.25) is 4.68 Å². The monoisotopic (exact) mass is 302 g/mol. The third-order valence-corrected chi connectivity index (χ3v) is 5.40. The number of aliphatic hydroxyl groups excluding tert-OH is 1. The van der Waals surface area contributed by atoms with Crippen LogP contribution in [0.1, 0.15) is 36.7 Å². The van der Waals surface area contributed by atoms with Gasteiger partial charge in [-0.25, -0.2) is 0 Å². The lowest BCUT2D eigenvalue weighted by molar-refractivity contribution is 0.149. The van der Waals surface area contributed by atoms with Crippen molar-refractivity contribution in [3.8, 4) is 0 Å². The van der Waals surface area contributed by atoms with E-state index in [-0.39, 0.29) is 12.0 Å². The van der Waals surface area contributed by atoms with E-state index in [0.717, 1.165) is 30.1 Å². The Morgan fingerprint density at radius 3 is 2.95 bits per heavy atom. The van der Waals surface area contributed by atoms with Crippen LogP contribution < -0.4 is 0 Å². The molecule has 0 aliphatic carbocycles. The molecular formula is C17H22N2OS. The van der Waals surface area contributed by atoms with E-state index in [2.05, 4.69) is 49.3 Å². The molecule has 112 valence electrons. The van der Waals surface area contributed by atoms with Crippen LogP contribution in [-0.4, -0.2) is 26.7 Å². The van der Waals surface area contributed by atoms with Crippen LogP contribution in [0.4, 0.5) is 0 Å². The number of rotatable bonds is 5. The molecule has 3 rings (SSSR count). The molecule has 4 heteroatoms. The zero-order chi connectivity index (χ0) is 14.8. The minimum Gasteiger partial charge on any atom is -0.392 e. The van der Waals surface area contributed by atoms with Gasteiger partial charge in [-0.05, 0) is 31.0 Å². The van der Waals surface area contributed by atoms with E-state index in [1.165, 1.54) is 10.5 Å². The van der Waals surface area contributed by atoms with E-state index in [1.54, 1.807) is 0 Å². The van der Waals surface area contributed by atoms with Gasteiger partial charge < -0.3 is 5.11 Å². The summed E-state index contributed by atoms with van der Waals surface area (Å²) in [6, 6.07) is 10.6. The number of fused-ring (bicyclic) bond motifs is 1. The second-order valence-electron chi connectivity index (χ2n) is 5.52. The largest absolute Gasteiger partial charge is 0.392 e. The molecule has 1 aromatic carbocycles. The van der Waals surface area contributed by atoms with Crippen molar-refractivity contribution < 1.29 is 5.11 Å². The number of aromatic nitrogens is 2. The van der Waals surface area contributed by atoms with Crippen LogP contribution in [0.5, 0.6) is 0 Å². The smallest absolute Gasteiger partial charge is 0.0672 e. The fourth-order valence-corrected chi connectivity index (χ4v) is 4.31. The molecular weight excluding hydrogens is 280 g/mol. The Kier molecular flexibility index (Phi) is 4.36. The molecule has 0 amide bonds. The van der Waals surface area contributed by atoms with Crippen LogP contribution >= 0.6 is 11.8 Å². The molecule has 0 radical (unpaired) electrons. The van der Waals surface area contributed by atoms with Gasteiger partial charge in [0.1, 0.15) is 0 Å². The summed E-state index contributed by atoms with van der Waals surface area (Å²) in [4.78, 5) is 1.32. The van der Waals surface area contributed by atoms with E-state index in [0.29, 0.717) is 6.42 Å². The van der Waals surface area contributed by atoms with Crippen molar-refractivity contribution in [1.82, 2.24) is 9.78 Å². The van der Waals surface area contributed by atoms with Crippen molar-refractivity contribution >= 4 is 11.8 Å². The number of aryl methyl sites for hydroxylation is 2. The fraction of sp³-hybridized carbons (Fsp3) is 0.471. The lowest BCUT2D eigenvalue weighted by Gasteiger charge is -2.19. The first-order chi connectivity index (χ1) is 10.2. The Morgan fingerprint density at radius 1 is 1.38 bits per heavy atom. The van der Waals surface area contributed by atoms with E-state index in [4.69, 9.17) is 0 Å². The van der Waals surface area contributed by atoms with Crippen LogP contribution in [-0.2, 0) is 19.4 Å². The summed E-state index contributed by atoms with van der Waals surface area (Å²) in [7, 11) is 0. The Bertz CT molecular complexity index is 623. The number of hydrogen-bond donors (Lipinski definition) is 1. The van der Waals surface area contributed by atoms with Crippen LogP contribution in [0.2, 0.25) is 0 Å². The van der Waals surface area contributed by atoms with Gasteiger partial charge in [0.15, 0.2) is 0 Å². The molecule has 0 saturated heterocycles. The van der Waals surface area contributed by atoms with Crippen molar-refractivity contribution in [2.45, 2.75) is 50.2 Å². The maximum atomic E-state index is 10.7. The van der Waals surface area contributed by atoms with Gasteiger partial charge in [0.05, 0.1) is 11.8 Å². The van der Waals surface area contributed by atoms with E-state index in [9.17, 15) is 5.11 Å². The zero-order valence-electron chi connectivity index (χ0n) is 12.6. The predicted molar refractivity (Wildman–Crippen MR) is 86.9 cm³/mol. The lowest BCUT2D eigenvalue weighted by atomic mass is 9.92. The summed E-state index contributed by atoms with van der Waals surface area (Å²) in [5.41, 5.74) is 3.56. The Labute approximate surface area is 130 Å². The molecule has 21 heavy (non-hydrogen) atoms. The first-order valence-corrected chi connectivity index (χ1v) is 8.66. The molecule has 1 aromatic heterocycles. The second-order valence-corrected chi connectivity index (χ2v) is 6.58. The minimum atomic E-state index is -0.340. The molecule has 2 heterocycles. The third kappa shape index (κ3) is 2.87. The highest BCUT2D eigenvalue weighted by atomic mass is 32.2. The molecule has 0 fully saturated rings. The van der Waals surface area contributed by atoms with E-state index in [1.807, 2.05) is 16.4 Å². The molecule has 1 aliphatic rings. The maximum Gasteiger partial charge on any atom is 0.0672 e. The minimum absolute atomic E-state index is 0.233. The molecule has 2 atom stereocenters. The van der Waals surface area contributed by atoms with Gasteiger partial charge in [-0.1, -0.05) is 25.1 Å². The van der Waals surface area contributed by atoms with Crippen molar-refractivity contribution in [3.05, 3.63) is 47.3 Å². The Balaban J connectivity index is 1.78. The van der Waals surface area contributed by atoms with Crippen LogP contribution in [0.25, 0.3) is 0 Å². The fourth-order valence-electron chi connectivity index (χ4n) is 2.99. The molecule has 2 unspecified atom stereocenters. The molecule has 2 aromatic rings. The van der Waals surface area contributed by atoms with Crippen LogP contribution in [0, 0.1) is 0 Å². The van der Waals surface area contributed by atoms with Crippen molar-refractivity contribution in [2.24, 2.45) is 0 Å². The SMILES string of the molecule is CCc1cc(CC(O)C2CSc3ccccc32)n(CC)n1. The van der Waals surface area contributed by atoms with Gasteiger partial charge in [0.25, 0.3) is 0 Å². The molecule has 0 saturated carbocycles. The number of benzene rings is 1. The molecule has 3 nitrogen and oxygen atoms in total. The average molecular weight is 302 g/mol. The summed E-state index contributed by atoms with van der Waals surface area (Å²) in [5.74, 6) is 1.21. The molecule has 0 bridgehead atoms. The normalized spacial score (nSPS) is 18.7. The standard InChI is InChI=1S/C17H22N2OS/c1-3-12-9-13(19(4-2)18-12)10-16(20)15-11-21-17-8-6-5-7-14(15)17/h5-9,15-16,20H,3-4,10-11H2,1-2H3. The summed E-state index contributed by atoms with van der Waals surface area (Å²) in [6.07, 6.45) is 1.28. The Morgan fingerprint density at radius 2 is 2.19 bits per heavy atom. The molecule has 1 N–H and O–H groups in total. The number of aliphatic hydroxyl groups is 1. The molecule has 1 aliphatic heterocycles. The predicted octanol–water partition coefficient (Wildman–Crippen LogP) is 3.26. The second kappa shape index (κ2) is 6.24. The number of hydrogen-bond acceptors (Lipinski definition) is 3. The summed E-state index contributed by atoms with van der Waals surface area (Å²) in [6.45, 7) is 5.08. The highest BCUT2D eigenvalue weighted by Crippen LogP contribution is 2.41. The number of thioether (sulfide) groups is 1. The maximum absolute atomic E-state index is 10.7. The lowest BCUT2D eigenvalue weighted by Crippen LogP contribution is -2.22.